The molecule has 0 atom stereocenters. The molecule has 2 N–H and O–H groups in total. The summed E-state index contributed by atoms with van der Waals surface area (Å²) in [6.45, 7) is 3.21. The number of Topliss-reactive ketones (excluding diaryl/α,β-unsaturated/α-hetero) is 1. The van der Waals surface area contributed by atoms with Crippen molar-refractivity contribution in [1.82, 2.24) is 9.88 Å². The zero-order chi connectivity index (χ0) is 17.5. The van der Waals surface area contributed by atoms with Gasteiger partial charge in [-0.3, -0.25) is 9.59 Å². The van der Waals surface area contributed by atoms with Crippen LogP contribution in [0.3, 0.4) is 0 Å². The Balaban J connectivity index is 1.97. The van der Waals surface area contributed by atoms with Gasteiger partial charge < -0.3 is 15.5 Å². The van der Waals surface area contributed by atoms with Crippen LogP contribution in [-0.2, 0) is 0 Å². The van der Waals surface area contributed by atoms with Gasteiger partial charge in [0, 0.05) is 24.3 Å². The van der Waals surface area contributed by atoms with Gasteiger partial charge in [0.1, 0.15) is 5.69 Å². The van der Waals surface area contributed by atoms with Crippen LogP contribution < -0.4 is 10.6 Å². The van der Waals surface area contributed by atoms with E-state index in [0.29, 0.717) is 16.9 Å². The molecule has 2 rings (SSSR count). The maximum absolute atomic E-state index is 12.2. The van der Waals surface area contributed by atoms with Crippen molar-refractivity contribution in [3.63, 3.8) is 0 Å². The van der Waals surface area contributed by atoms with Gasteiger partial charge in [-0.2, -0.15) is 0 Å². The topological polar surface area (TPSA) is 74.3 Å². The van der Waals surface area contributed by atoms with Crippen molar-refractivity contribution >= 4 is 23.1 Å². The van der Waals surface area contributed by atoms with Gasteiger partial charge in [-0.1, -0.05) is 12.1 Å². The fourth-order valence-corrected chi connectivity index (χ4v) is 2.07. The maximum atomic E-state index is 12.2. The number of carbonyl (C=O) groups excluding carboxylic acids is 2. The summed E-state index contributed by atoms with van der Waals surface area (Å²) >= 11 is 0. The third kappa shape index (κ3) is 5.17. The van der Waals surface area contributed by atoms with Gasteiger partial charge in [0.25, 0.3) is 5.91 Å². The monoisotopic (exact) mass is 326 g/mol. The fourth-order valence-electron chi connectivity index (χ4n) is 2.07. The molecule has 0 radical (unpaired) electrons. The van der Waals surface area contributed by atoms with Crippen molar-refractivity contribution in [2.75, 3.05) is 37.8 Å². The quantitative estimate of drug-likeness (QED) is 0.765. The lowest BCUT2D eigenvalue weighted by Crippen LogP contribution is -2.21. The minimum atomic E-state index is -0.310. The SMILES string of the molecule is CC(=O)c1cccc(NC(=O)c2ccc(NCCN(C)C)cn2)c1. The highest BCUT2D eigenvalue weighted by Crippen LogP contribution is 2.13. The van der Waals surface area contributed by atoms with Crippen LogP contribution in [0.4, 0.5) is 11.4 Å². The van der Waals surface area contributed by atoms with E-state index in [1.165, 1.54) is 6.92 Å². The number of amides is 1. The first-order valence-corrected chi connectivity index (χ1v) is 7.72. The van der Waals surface area contributed by atoms with E-state index >= 15 is 0 Å². The summed E-state index contributed by atoms with van der Waals surface area (Å²) < 4.78 is 0. The van der Waals surface area contributed by atoms with Crippen LogP contribution in [0.1, 0.15) is 27.8 Å². The molecule has 0 bridgehead atoms. The first-order chi connectivity index (χ1) is 11.5. The number of anilines is 2. The number of ketones is 1. The van der Waals surface area contributed by atoms with Crippen molar-refractivity contribution < 1.29 is 9.59 Å². The highest BCUT2D eigenvalue weighted by atomic mass is 16.2. The molecule has 126 valence electrons. The Bertz CT molecular complexity index is 711. The highest BCUT2D eigenvalue weighted by Gasteiger charge is 2.09. The van der Waals surface area contributed by atoms with Crippen LogP contribution in [0.5, 0.6) is 0 Å². The van der Waals surface area contributed by atoms with Gasteiger partial charge >= 0.3 is 0 Å². The van der Waals surface area contributed by atoms with Gasteiger partial charge in [0.15, 0.2) is 5.78 Å². The molecule has 0 saturated heterocycles. The van der Waals surface area contributed by atoms with Gasteiger partial charge in [-0.25, -0.2) is 4.98 Å². The first kappa shape index (κ1) is 17.6. The van der Waals surface area contributed by atoms with Crippen molar-refractivity contribution in [1.29, 1.82) is 0 Å². The third-order valence-corrected chi connectivity index (χ3v) is 3.41. The second-order valence-electron chi connectivity index (χ2n) is 5.75. The fraction of sp³-hybridized carbons (Fsp3) is 0.278. The average Bonchev–Trinajstić information content (AvgIpc) is 2.55. The van der Waals surface area contributed by atoms with Crippen molar-refractivity contribution in [2.24, 2.45) is 0 Å². The molecule has 6 heteroatoms. The number of nitrogens with one attached hydrogen (secondary N) is 2. The van der Waals surface area contributed by atoms with Crippen LogP contribution in [0.15, 0.2) is 42.6 Å². The van der Waals surface area contributed by atoms with Gasteiger partial charge in [-0.15, -0.1) is 0 Å². The highest BCUT2D eigenvalue weighted by molar-refractivity contribution is 6.04. The van der Waals surface area contributed by atoms with Gasteiger partial charge in [-0.05, 0) is 45.3 Å². The van der Waals surface area contributed by atoms with Crippen LogP contribution in [0.25, 0.3) is 0 Å². The average molecular weight is 326 g/mol. The smallest absolute Gasteiger partial charge is 0.274 e. The number of aromatic nitrogens is 1. The summed E-state index contributed by atoms with van der Waals surface area (Å²) in [6, 6.07) is 10.3. The molecule has 0 aliphatic heterocycles. The lowest BCUT2D eigenvalue weighted by atomic mass is 10.1. The zero-order valence-electron chi connectivity index (χ0n) is 14.2. The molecule has 0 spiro atoms. The maximum Gasteiger partial charge on any atom is 0.274 e. The molecule has 0 aliphatic rings. The molecule has 0 saturated carbocycles. The van der Waals surface area contributed by atoms with E-state index in [1.54, 1.807) is 36.5 Å². The molecule has 24 heavy (non-hydrogen) atoms. The molecule has 1 heterocycles. The Kier molecular flexibility index (Phi) is 6.03. The number of pyridine rings is 1. The second kappa shape index (κ2) is 8.21. The van der Waals surface area contributed by atoms with Crippen molar-refractivity contribution in [3.05, 3.63) is 53.9 Å². The minimum absolute atomic E-state index is 0.0441. The molecule has 1 aromatic heterocycles. The first-order valence-electron chi connectivity index (χ1n) is 7.72. The number of hydrogen-bond acceptors (Lipinski definition) is 5. The summed E-state index contributed by atoms with van der Waals surface area (Å²) in [5.74, 6) is -0.354. The summed E-state index contributed by atoms with van der Waals surface area (Å²) in [6.07, 6.45) is 1.64. The van der Waals surface area contributed by atoms with Crippen LogP contribution in [-0.4, -0.2) is 48.8 Å². The van der Waals surface area contributed by atoms with Crippen LogP contribution in [0, 0.1) is 0 Å². The number of likely N-dealkylation sites (N-methyl/N-ethyl adjacent to an activating group) is 1. The Morgan fingerprint density at radius 2 is 1.92 bits per heavy atom. The Morgan fingerprint density at radius 3 is 2.54 bits per heavy atom. The Labute approximate surface area is 141 Å². The predicted molar refractivity (Wildman–Crippen MR) is 95.7 cm³/mol. The summed E-state index contributed by atoms with van der Waals surface area (Å²) in [5, 5.41) is 5.99. The van der Waals surface area contributed by atoms with Crippen LogP contribution >= 0.6 is 0 Å². The van der Waals surface area contributed by atoms with Crippen molar-refractivity contribution in [2.45, 2.75) is 6.92 Å². The van der Waals surface area contributed by atoms with E-state index in [-0.39, 0.29) is 11.7 Å². The minimum Gasteiger partial charge on any atom is -0.383 e. The normalized spacial score (nSPS) is 10.5. The molecule has 0 fully saturated rings. The number of rotatable bonds is 7. The molecule has 1 aromatic carbocycles. The number of benzene rings is 1. The predicted octanol–water partition coefficient (Wildman–Crippen LogP) is 2.51. The van der Waals surface area contributed by atoms with E-state index in [4.69, 9.17) is 0 Å². The van der Waals surface area contributed by atoms with E-state index in [0.717, 1.165) is 18.8 Å². The number of carbonyl (C=O) groups is 2. The van der Waals surface area contributed by atoms with Gasteiger partial charge in [0.2, 0.25) is 0 Å². The van der Waals surface area contributed by atoms with E-state index in [9.17, 15) is 9.59 Å². The summed E-state index contributed by atoms with van der Waals surface area (Å²) in [4.78, 5) is 29.9. The molecular formula is C18H22N4O2. The lowest BCUT2D eigenvalue weighted by molar-refractivity contribution is 0.100. The lowest BCUT2D eigenvalue weighted by Gasteiger charge is -2.11. The zero-order valence-corrected chi connectivity index (χ0v) is 14.2. The number of hydrogen-bond donors (Lipinski definition) is 2. The largest absolute Gasteiger partial charge is 0.383 e. The molecule has 6 nitrogen and oxygen atoms in total. The van der Waals surface area contributed by atoms with E-state index in [2.05, 4.69) is 20.5 Å². The molecule has 0 unspecified atom stereocenters. The van der Waals surface area contributed by atoms with E-state index < -0.39 is 0 Å². The Morgan fingerprint density at radius 1 is 1.12 bits per heavy atom. The van der Waals surface area contributed by atoms with Gasteiger partial charge in [0.05, 0.1) is 11.9 Å². The Hall–Kier alpha value is -2.73. The molecule has 2 aromatic rings. The molecule has 1 amide bonds. The summed E-state index contributed by atoms with van der Waals surface area (Å²) in [5.41, 5.74) is 2.32. The van der Waals surface area contributed by atoms with E-state index in [1.807, 2.05) is 20.2 Å². The third-order valence-electron chi connectivity index (χ3n) is 3.41. The standard InChI is InChI=1S/C18H22N4O2/c1-13(23)14-5-4-6-15(11-14)21-18(24)17-8-7-16(12-20-17)19-9-10-22(2)3/h4-8,11-12,19H,9-10H2,1-3H3,(H,21,24). The summed E-state index contributed by atoms with van der Waals surface area (Å²) in [7, 11) is 4.02. The number of nitrogens with zero attached hydrogens (tertiary/aromatic N) is 2. The molecule has 0 aliphatic carbocycles. The second-order valence-corrected chi connectivity index (χ2v) is 5.75. The van der Waals surface area contributed by atoms with Crippen molar-refractivity contribution in [3.8, 4) is 0 Å². The molecular weight excluding hydrogens is 304 g/mol. The van der Waals surface area contributed by atoms with Crippen LogP contribution in [0.2, 0.25) is 0 Å².